The highest BCUT2D eigenvalue weighted by molar-refractivity contribution is 5.60. The van der Waals surface area contributed by atoms with Gasteiger partial charge in [0.1, 0.15) is 0 Å². The van der Waals surface area contributed by atoms with Gasteiger partial charge in [-0.2, -0.15) is 0 Å². The largest absolute Gasteiger partial charge is 0.494 e. The van der Waals surface area contributed by atoms with E-state index in [9.17, 15) is 4.39 Å². The number of aromatic nitrogens is 1. The van der Waals surface area contributed by atoms with Gasteiger partial charge in [-0.1, -0.05) is 0 Å². The molecule has 0 aliphatic rings. The molecule has 2 aromatic rings. The number of likely N-dealkylation sites (N-methyl/N-ethyl adjacent to an activating group) is 1. The molecule has 0 atom stereocenters. The second-order valence-electron chi connectivity index (χ2n) is 5.12. The number of ether oxygens (including phenoxy) is 1. The molecule has 0 unspecified atom stereocenters. The first-order valence-electron chi connectivity index (χ1n) is 6.57. The molecule has 0 N–H and O–H groups in total. The summed E-state index contributed by atoms with van der Waals surface area (Å²) in [5, 5.41) is 0. The minimum absolute atomic E-state index is 0.280. The third-order valence-electron chi connectivity index (χ3n) is 3.64. The predicted molar refractivity (Wildman–Crippen MR) is 75.4 cm³/mol. The molecule has 0 amide bonds. The Morgan fingerprint density at radius 2 is 2.00 bits per heavy atom. The molecule has 4 heteroatoms. The average Bonchev–Trinajstić information content (AvgIpc) is 2.80. The smallest absolute Gasteiger partial charge is 0.189 e. The number of pyridine rings is 1. The molecule has 0 aliphatic carbocycles. The fourth-order valence-corrected chi connectivity index (χ4v) is 2.12. The third kappa shape index (κ3) is 2.73. The van der Waals surface area contributed by atoms with Crippen LogP contribution in [0.3, 0.4) is 0 Å². The Kier molecular flexibility index (Phi) is 4.10. The van der Waals surface area contributed by atoms with Crippen molar-refractivity contribution >= 4 is 5.52 Å². The quantitative estimate of drug-likeness (QED) is 0.825. The van der Waals surface area contributed by atoms with Crippen molar-refractivity contribution in [1.82, 2.24) is 9.30 Å². The minimum Gasteiger partial charge on any atom is -0.494 e. The highest BCUT2D eigenvalue weighted by Gasteiger charge is 2.13. The van der Waals surface area contributed by atoms with E-state index in [2.05, 4.69) is 25.8 Å². The lowest BCUT2D eigenvalue weighted by atomic mass is 10.1. The van der Waals surface area contributed by atoms with Gasteiger partial charge in [0.15, 0.2) is 11.6 Å². The molecule has 19 heavy (non-hydrogen) atoms. The van der Waals surface area contributed by atoms with E-state index in [1.807, 2.05) is 22.9 Å². The van der Waals surface area contributed by atoms with Gasteiger partial charge in [-0.05, 0) is 45.0 Å². The molecule has 0 aliphatic heterocycles. The van der Waals surface area contributed by atoms with E-state index in [0.29, 0.717) is 17.3 Å². The van der Waals surface area contributed by atoms with Crippen LogP contribution in [0.5, 0.6) is 5.75 Å². The third-order valence-corrected chi connectivity index (χ3v) is 3.64. The van der Waals surface area contributed by atoms with E-state index in [1.165, 1.54) is 7.11 Å². The zero-order valence-corrected chi connectivity index (χ0v) is 12.0. The zero-order chi connectivity index (χ0) is 14.0. The lowest BCUT2D eigenvalue weighted by molar-refractivity contribution is 0.277. The van der Waals surface area contributed by atoms with Crippen LogP contribution in [-0.2, 0) is 6.42 Å². The minimum atomic E-state index is -0.280. The average molecular weight is 264 g/mol. The molecule has 0 saturated carbocycles. The van der Waals surface area contributed by atoms with Gasteiger partial charge in [-0.15, -0.1) is 0 Å². The summed E-state index contributed by atoms with van der Waals surface area (Å²) in [6, 6.07) is 4.12. The molecule has 0 spiro atoms. The Morgan fingerprint density at radius 3 is 2.63 bits per heavy atom. The van der Waals surface area contributed by atoms with Gasteiger partial charge in [0, 0.05) is 25.0 Å². The van der Waals surface area contributed by atoms with Crippen LogP contribution in [0.15, 0.2) is 24.5 Å². The second-order valence-corrected chi connectivity index (χ2v) is 5.12. The molecule has 0 aromatic carbocycles. The Hall–Kier alpha value is -1.55. The molecule has 2 heterocycles. The van der Waals surface area contributed by atoms with Crippen LogP contribution in [0, 0.1) is 5.82 Å². The first-order valence-corrected chi connectivity index (χ1v) is 6.57. The Bertz CT molecular complexity index is 563. The molecule has 0 saturated heterocycles. The molecule has 0 fully saturated rings. The van der Waals surface area contributed by atoms with Crippen molar-refractivity contribution < 1.29 is 9.13 Å². The van der Waals surface area contributed by atoms with E-state index in [0.717, 1.165) is 18.5 Å². The fourth-order valence-electron chi connectivity index (χ4n) is 2.12. The van der Waals surface area contributed by atoms with Crippen LogP contribution in [0.4, 0.5) is 4.39 Å². The summed E-state index contributed by atoms with van der Waals surface area (Å²) in [6.07, 6.45) is 4.55. The standard InChI is InChI=1S/C15H21FN2O/c1-11(2)17(3)8-5-12-6-9-18-10-7-13(19-4)14(16)15(12)18/h6-7,9-11H,5,8H2,1-4H3. The van der Waals surface area contributed by atoms with E-state index in [4.69, 9.17) is 4.74 Å². The van der Waals surface area contributed by atoms with E-state index in [-0.39, 0.29) is 5.82 Å². The first-order chi connectivity index (χ1) is 9.04. The van der Waals surface area contributed by atoms with Gasteiger partial charge < -0.3 is 14.0 Å². The second kappa shape index (κ2) is 5.61. The number of hydrogen-bond acceptors (Lipinski definition) is 2. The topological polar surface area (TPSA) is 16.9 Å². The van der Waals surface area contributed by atoms with Crippen molar-refractivity contribution in [2.75, 3.05) is 20.7 Å². The highest BCUT2D eigenvalue weighted by Crippen LogP contribution is 2.25. The SMILES string of the molecule is COc1ccn2ccc(CCN(C)C(C)C)c2c1F. The summed E-state index contributed by atoms with van der Waals surface area (Å²) in [4.78, 5) is 2.25. The van der Waals surface area contributed by atoms with E-state index in [1.54, 1.807) is 6.07 Å². The number of nitrogens with zero attached hydrogens (tertiary/aromatic N) is 2. The van der Waals surface area contributed by atoms with Crippen molar-refractivity contribution in [2.45, 2.75) is 26.3 Å². The van der Waals surface area contributed by atoms with Crippen LogP contribution in [0.2, 0.25) is 0 Å². The van der Waals surface area contributed by atoms with Gasteiger partial charge in [0.2, 0.25) is 0 Å². The van der Waals surface area contributed by atoms with Crippen LogP contribution >= 0.6 is 0 Å². The Labute approximate surface area is 113 Å². The normalized spacial score (nSPS) is 11.7. The molecule has 2 aromatic heterocycles. The Balaban J connectivity index is 2.29. The number of rotatable bonds is 5. The molecular weight excluding hydrogens is 243 g/mol. The fraction of sp³-hybridized carbons (Fsp3) is 0.467. The van der Waals surface area contributed by atoms with Gasteiger partial charge in [-0.3, -0.25) is 0 Å². The lowest BCUT2D eigenvalue weighted by Gasteiger charge is -2.20. The summed E-state index contributed by atoms with van der Waals surface area (Å²) < 4.78 is 21.1. The summed E-state index contributed by atoms with van der Waals surface area (Å²) >= 11 is 0. The zero-order valence-electron chi connectivity index (χ0n) is 12.0. The first kappa shape index (κ1) is 13.9. The lowest BCUT2D eigenvalue weighted by Crippen LogP contribution is -2.28. The van der Waals surface area contributed by atoms with Crippen LogP contribution in [0.25, 0.3) is 5.52 Å². The van der Waals surface area contributed by atoms with Crippen molar-refractivity contribution in [3.05, 3.63) is 35.9 Å². The van der Waals surface area contributed by atoms with Crippen LogP contribution in [0.1, 0.15) is 19.4 Å². The van der Waals surface area contributed by atoms with Crippen molar-refractivity contribution in [2.24, 2.45) is 0 Å². The maximum absolute atomic E-state index is 14.3. The van der Waals surface area contributed by atoms with Gasteiger partial charge in [0.25, 0.3) is 0 Å². The number of fused-ring (bicyclic) bond motifs is 1. The molecule has 2 rings (SSSR count). The molecule has 0 radical (unpaired) electrons. The monoisotopic (exact) mass is 264 g/mol. The summed E-state index contributed by atoms with van der Waals surface area (Å²) in [7, 11) is 3.57. The number of methoxy groups -OCH3 is 1. The maximum Gasteiger partial charge on any atom is 0.189 e. The maximum atomic E-state index is 14.3. The van der Waals surface area contributed by atoms with E-state index < -0.39 is 0 Å². The van der Waals surface area contributed by atoms with Crippen LogP contribution < -0.4 is 4.74 Å². The summed E-state index contributed by atoms with van der Waals surface area (Å²) in [6.45, 7) is 5.22. The number of hydrogen-bond donors (Lipinski definition) is 0. The van der Waals surface area contributed by atoms with Gasteiger partial charge >= 0.3 is 0 Å². The van der Waals surface area contributed by atoms with Crippen molar-refractivity contribution in [3.8, 4) is 5.75 Å². The number of halogens is 1. The summed E-state index contributed by atoms with van der Waals surface area (Å²) in [5.41, 5.74) is 1.64. The van der Waals surface area contributed by atoms with Gasteiger partial charge in [-0.25, -0.2) is 4.39 Å². The summed E-state index contributed by atoms with van der Waals surface area (Å²) in [5.74, 6) is 0.0156. The van der Waals surface area contributed by atoms with Crippen LogP contribution in [-0.4, -0.2) is 36.0 Å². The molecule has 104 valence electrons. The molecule has 3 nitrogen and oxygen atoms in total. The van der Waals surface area contributed by atoms with Gasteiger partial charge in [0.05, 0.1) is 12.6 Å². The van der Waals surface area contributed by atoms with Crippen molar-refractivity contribution in [3.63, 3.8) is 0 Å². The Morgan fingerprint density at radius 1 is 1.32 bits per heavy atom. The van der Waals surface area contributed by atoms with Crippen molar-refractivity contribution in [1.29, 1.82) is 0 Å². The predicted octanol–water partition coefficient (Wildman–Crippen LogP) is 2.97. The van der Waals surface area contributed by atoms with E-state index >= 15 is 0 Å². The highest BCUT2D eigenvalue weighted by atomic mass is 19.1. The molecular formula is C15H21FN2O. The molecule has 0 bridgehead atoms.